The Morgan fingerprint density at radius 3 is 2.25 bits per heavy atom. The molecule has 2 aromatic rings. The van der Waals surface area contributed by atoms with Crippen molar-refractivity contribution in [2.24, 2.45) is 0 Å². The van der Waals surface area contributed by atoms with Gasteiger partial charge in [-0.15, -0.1) is 0 Å². The molecule has 2 aromatic carbocycles. The third-order valence-corrected chi connectivity index (χ3v) is 3.91. The van der Waals surface area contributed by atoms with Gasteiger partial charge in [-0.25, -0.2) is 0 Å². The van der Waals surface area contributed by atoms with Gasteiger partial charge in [-0.05, 0) is 29.8 Å². The van der Waals surface area contributed by atoms with Gasteiger partial charge < -0.3 is 19.7 Å². The second-order valence-electron chi connectivity index (χ2n) is 5.18. The molecular formula is C16H18O4. The summed E-state index contributed by atoms with van der Waals surface area (Å²) >= 11 is 0. The minimum atomic E-state index is -0.944. The van der Waals surface area contributed by atoms with E-state index in [1.165, 1.54) is 0 Å². The van der Waals surface area contributed by atoms with Crippen molar-refractivity contribution < 1.29 is 19.7 Å². The molecule has 0 amide bonds. The van der Waals surface area contributed by atoms with Crippen molar-refractivity contribution in [2.75, 3.05) is 7.11 Å². The molecule has 1 saturated heterocycles. The lowest BCUT2D eigenvalue weighted by atomic mass is 9.98. The molecule has 0 saturated carbocycles. The number of ether oxygens (including phenoxy) is 2. The minimum absolute atomic E-state index is 0.397. The van der Waals surface area contributed by atoms with Crippen LogP contribution in [0.15, 0.2) is 36.4 Å². The fourth-order valence-corrected chi connectivity index (χ4v) is 2.74. The molecule has 0 bridgehead atoms. The summed E-state index contributed by atoms with van der Waals surface area (Å²) in [6.45, 7) is 1.75. The maximum absolute atomic E-state index is 10.1. The van der Waals surface area contributed by atoms with Crippen LogP contribution in [0.2, 0.25) is 0 Å². The monoisotopic (exact) mass is 274 g/mol. The fourth-order valence-electron chi connectivity index (χ4n) is 2.74. The zero-order valence-electron chi connectivity index (χ0n) is 11.5. The number of hydrogen-bond donors (Lipinski definition) is 2. The van der Waals surface area contributed by atoms with Gasteiger partial charge in [0.15, 0.2) is 0 Å². The topological polar surface area (TPSA) is 58.9 Å². The van der Waals surface area contributed by atoms with Gasteiger partial charge in [0.05, 0.1) is 13.2 Å². The molecule has 1 aliphatic rings. The van der Waals surface area contributed by atoms with Crippen LogP contribution in [0.3, 0.4) is 0 Å². The molecule has 1 fully saturated rings. The lowest BCUT2D eigenvalue weighted by Crippen LogP contribution is -2.28. The zero-order valence-corrected chi connectivity index (χ0v) is 11.5. The summed E-state index contributed by atoms with van der Waals surface area (Å²) in [7, 11) is 1.59. The molecule has 1 heterocycles. The Balaban J connectivity index is 2.10. The lowest BCUT2D eigenvalue weighted by Gasteiger charge is -2.19. The molecule has 20 heavy (non-hydrogen) atoms. The number of methoxy groups -OCH3 is 1. The predicted octanol–water partition coefficient (Wildman–Crippen LogP) is 2.03. The first-order valence-corrected chi connectivity index (χ1v) is 6.70. The summed E-state index contributed by atoms with van der Waals surface area (Å²) in [6, 6.07) is 11.8. The van der Waals surface area contributed by atoms with E-state index >= 15 is 0 Å². The van der Waals surface area contributed by atoms with Crippen LogP contribution in [0.1, 0.15) is 18.6 Å². The molecule has 4 atom stereocenters. The van der Waals surface area contributed by atoms with Gasteiger partial charge in [0.25, 0.3) is 0 Å². The van der Waals surface area contributed by atoms with Gasteiger partial charge in [0, 0.05) is 5.56 Å². The van der Waals surface area contributed by atoms with E-state index in [2.05, 4.69) is 0 Å². The van der Waals surface area contributed by atoms with Crippen molar-refractivity contribution in [3.05, 3.63) is 42.0 Å². The standard InChI is InChI=1S/C16H18O4/c1-9-14(17)15(18)16(20-9)12-7-10-5-3-4-6-11(10)8-13(12)19-2/h3-9,14-18H,1-2H3. The van der Waals surface area contributed by atoms with Crippen molar-refractivity contribution in [2.45, 2.75) is 31.3 Å². The van der Waals surface area contributed by atoms with Crippen molar-refractivity contribution in [3.63, 3.8) is 0 Å². The van der Waals surface area contributed by atoms with Crippen LogP contribution in [-0.2, 0) is 4.74 Å². The molecule has 1 aliphatic heterocycles. The van der Waals surface area contributed by atoms with Crippen LogP contribution in [0, 0.1) is 0 Å². The average molecular weight is 274 g/mol. The molecule has 0 spiro atoms. The Labute approximate surface area is 117 Å². The molecule has 4 nitrogen and oxygen atoms in total. The minimum Gasteiger partial charge on any atom is -0.496 e. The summed E-state index contributed by atoms with van der Waals surface area (Å²) in [6.07, 6.45) is -2.79. The quantitative estimate of drug-likeness (QED) is 0.879. The van der Waals surface area contributed by atoms with E-state index in [4.69, 9.17) is 9.47 Å². The van der Waals surface area contributed by atoms with E-state index in [0.717, 1.165) is 16.3 Å². The molecule has 0 aromatic heterocycles. The first-order chi connectivity index (χ1) is 9.61. The summed E-state index contributed by atoms with van der Waals surface area (Å²) in [5.41, 5.74) is 0.766. The number of fused-ring (bicyclic) bond motifs is 1. The Hall–Kier alpha value is -1.62. The Bertz CT molecular complexity index is 625. The van der Waals surface area contributed by atoms with E-state index in [1.807, 2.05) is 36.4 Å². The highest BCUT2D eigenvalue weighted by molar-refractivity contribution is 5.85. The second-order valence-corrected chi connectivity index (χ2v) is 5.18. The summed E-state index contributed by atoms with van der Waals surface area (Å²) in [4.78, 5) is 0. The summed E-state index contributed by atoms with van der Waals surface area (Å²) in [5.74, 6) is 0.661. The van der Waals surface area contributed by atoms with E-state index < -0.39 is 24.4 Å². The lowest BCUT2D eigenvalue weighted by molar-refractivity contribution is 0.0139. The van der Waals surface area contributed by atoms with Crippen LogP contribution in [0.5, 0.6) is 5.75 Å². The van der Waals surface area contributed by atoms with Gasteiger partial charge in [0.1, 0.15) is 24.1 Å². The largest absolute Gasteiger partial charge is 0.496 e. The van der Waals surface area contributed by atoms with Gasteiger partial charge >= 0.3 is 0 Å². The molecule has 2 N–H and O–H groups in total. The Morgan fingerprint density at radius 2 is 1.70 bits per heavy atom. The van der Waals surface area contributed by atoms with Crippen LogP contribution in [0.4, 0.5) is 0 Å². The number of hydrogen-bond acceptors (Lipinski definition) is 4. The smallest absolute Gasteiger partial charge is 0.125 e. The highest BCUT2D eigenvalue weighted by atomic mass is 16.5. The van der Waals surface area contributed by atoms with Crippen LogP contribution >= 0.6 is 0 Å². The number of benzene rings is 2. The number of aliphatic hydroxyl groups excluding tert-OH is 2. The molecule has 0 aliphatic carbocycles. The van der Waals surface area contributed by atoms with E-state index in [1.54, 1.807) is 14.0 Å². The number of aliphatic hydroxyl groups is 2. The highest BCUT2D eigenvalue weighted by Crippen LogP contribution is 2.39. The third-order valence-electron chi connectivity index (χ3n) is 3.91. The van der Waals surface area contributed by atoms with Crippen LogP contribution < -0.4 is 4.74 Å². The Kier molecular flexibility index (Phi) is 3.38. The van der Waals surface area contributed by atoms with Gasteiger partial charge in [-0.1, -0.05) is 24.3 Å². The second kappa shape index (κ2) is 5.05. The molecule has 106 valence electrons. The normalized spacial score (nSPS) is 29.8. The molecular weight excluding hydrogens is 256 g/mol. The molecule has 4 unspecified atom stereocenters. The van der Waals surface area contributed by atoms with Gasteiger partial charge in [-0.3, -0.25) is 0 Å². The van der Waals surface area contributed by atoms with Crippen molar-refractivity contribution in [1.29, 1.82) is 0 Å². The fraction of sp³-hybridized carbons (Fsp3) is 0.375. The number of rotatable bonds is 2. The van der Waals surface area contributed by atoms with E-state index in [0.29, 0.717) is 5.75 Å². The Morgan fingerprint density at radius 1 is 1.05 bits per heavy atom. The SMILES string of the molecule is COc1cc2ccccc2cc1C1OC(C)C(O)C1O. The van der Waals surface area contributed by atoms with Gasteiger partial charge in [-0.2, -0.15) is 0 Å². The average Bonchev–Trinajstić information content (AvgIpc) is 2.73. The van der Waals surface area contributed by atoms with Crippen molar-refractivity contribution in [3.8, 4) is 5.75 Å². The van der Waals surface area contributed by atoms with Crippen molar-refractivity contribution >= 4 is 10.8 Å². The zero-order chi connectivity index (χ0) is 14.3. The molecule has 4 heteroatoms. The predicted molar refractivity (Wildman–Crippen MR) is 75.8 cm³/mol. The summed E-state index contributed by atoms with van der Waals surface area (Å²) in [5, 5.41) is 22.1. The molecule has 0 radical (unpaired) electrons. The van der Waals surface area contributed by atoms with Crippen molar-refractivity contribution in [1.82, 2.24) is 0 Å². The van der Waals surface area contributed by atoms with Crippen LogP contribution in [0.25, 0.3) is 10.8 Å². The van der Waals surface area contributed by atoms with Gasteiger partial charge in [0.2, 0.25) is 0 Å². The maximum atomic E-state index is 10.1. The highest BCUT2D eigenvalue weighted by Gasteiger charge is 2.42. The first-order valence-electron chi connectivity index (χ1n) is 6.70. The van der Waals surface area contributed by atoms with E-state index in [-0.39, 0.29) is 0 Å². The third kappa shape index (κ3) is 2.06. The van der Waals surface area contributed by atoms with E-state index in [9.17, 15) is 10.2 Å². The molecule has 3 rings (SSSR count). The summed E-state index contributed by atoms with van der Waals surface area (Å²) < 4.78 is 11.1. The first kappa shape index (κ1) is 13.4. The maximum Gasteiger partial charge on any atom is 0.125 e. The van der Waals surface area contributed by atoms with Crippen LogP contribution in [-0.4, -0.2) is 35.6 Å².